The molecule has 2 fully saturated rings. The SMILES string of the molecule is CCOC(=O)[C@@H]1CC2(CCN(c3cc(O[C@H](c4ccc(-c5ccc(C(=O)N(C)C)cc5)cc4-n4ccc(C)n4)C(F)(F)F)nc(N)n3)CC2)CN1. The number of nitrogens with one attached hydrogen (secondary N) is 1. The zero-order valence-corrected chi connectivity index (χ0v) is 28.9. The summed E-state index contributed by atoms with van der Waals surface area (Å²) in [7, 11) is 3.31. The van der Waals surface area contributed by atoms with Crippen LogP contribution in [0.4, 0.5) is 24.9 Å². The van der Waals surface area contributed by atoms with Gasteiger partial charge in [-0.2, -0.15) is 28.2 Å². The largest absolute Gasteiger partial charge is 0.465 e. The molecule has 0 radical (unpaired) electrons. The van der Waals surface area contributed by atoms with Crippen LogP contribution in [-0.2, 0) is 9.53 Å². The number of alkyl halides is 3. The van der Waals surface area contributed by atoms with Crippen LogP contribution < -0.4 is 20.7 Å². The fourth-order valence-electron chi connectivity index (χ4n) is 6.75. The second-order valence-corrected chi connectivity index (χ2v) is 13.3. The Morgan fingerprint density at radius 1 is 1.06 bits per heavy atom. The highest BCUT2D eigenvalue weighted by Crippen LogP contribution is 2.43. The molecule has 15 heteroatoms. The van der Waals surface area contributed by atoms with Crippen LogP contribution in [0.25, 0.3) is 16.8 Å². The predicted octanol–water partition coefficient (Wildman–Crippen LogP) is 5.12. The average Bonchev–Trinajstić information content (AvgIpc) is 3.73. The van der Waals surface area contributed by atoms with E-state index in [1.807, 2.05) is 4.90 Å². The molecule has 0 bridgehead atoms. The number of esters is 1. The number of benzene rings is 2. The van der Waals surface area contributed by atoms with Gasteiger partial charge in [-0.05, 0) is 73.9 Å². The minimum atomic E-state index is -4.85. The summed E-state index contributed by atoms with van der Waals surface area (Å²) in [6.45, 7) is 5.63. The van der Waals surface area contributed by atoms with Crippen LogP contribution in [-0.4, -0.2) is 89.1 Å². The number of nitrogens with zero attached hydrogens (tertiary/aromatic N) is 6. The summed E-state index contributed by atoms with van der Waals surface area (Å²) in [6.07, 6.45) is -3.55. The van der Waals surface area contributed by atoms with Gasteiger partial charge in [-0.1, -0.05) is 24.3 Å². The topological polar surface area (TPSA) is 141 Å². The maximum absolute atomic E-state index is 14.9. The molecule has 0 saturated carbocycles. The van der Waals surface area contributed by atoms with Crippen LogP contribution in [0.5, 0.6) is 5.88 Å². The van der Waals surface area contributed by atoms with E-state index in [4.69, 9.17) is 15.2 Å². The Hall–Kier alpha value is -5.18. The van der Waals surface area contributed by atoms with E-state index in [0.29, 0.717) is 60.9 Å². The maximum atomic E-state index is 14.9. The van der Waals surface area contributed by atoms with Crippen molar-refractivity contribution in [1.29, 1.82) is 0 Å². The van der Waals surface area contributed by atoms with E-state index in [1.165, 1.54) is 21.7 Å². The van der Waals surface area contributed by atoms with Crippen LogP contribution in [0, 0.1) is 12.3 Å². The number of aryl methyl sites for hydroxylation is 1. The quantitative estimate of drug-likeness (QED) is 0.226. The summed E-state index contributed by atoms with van der Waals surface area (Å²) in [5.74, 6) is -0.604. The molecule has 2 aliphatic rings. The van der Waals surface area contributed by atoms with Crippen LogP contribution in [0.15, 0.2) is 60.8 Å². The lowest BCUT2D eigenvalue weighted by atomic mass is 9.76. The number of piperidine rings is 1. The van der Waals surface area contributed by atoms with E-state index in [-0.39, 0.29) is 46.4 Å². The van der Waals surface area contributed by atoms with Gasteiger partial charge in [-0.3, -0.25) is 9.59 Å². The Morgan fingerprint density at radius 3 is 2.39 bits per heavy atom. The fourth-order valence-corrected chi connectivity index (χ4v) is 6.75. The first-order valence-electron chi connectivity index (χ1n) is 16.8. The number of nitrogen functional groups attached to an aromatic ring is 1. The Morgan fingerprint density at radius 2 is 1.76 bits per heavy atom. The van der Waals surface area contributed by atoms with E-state index >= 15 is 0 Å². The molecule has 2 atom stereocenters. The second-order valence-electron chi connectivity index (χ2n) is 13.3. The standard InChI is InChI=1S/C36H41F3N8O4/c1-5-50-33(49)27-20-35(21-41-27)13-16-46(17-14-35)29-19-30(43-34(40)42-29)51-31(36(37,38)39)26-11-10-25(18-28(26)47-15-12-22(2)44-47)23-6-8-24(9-7-23)32(48)45(3)4/h6-12,15,18-19,27,31,41H,5,13-14,16-17,20-21H2,1-4H3,(H2,40,42,43)/t27-,31+/m0/s1. The number of nitrogens with two attached hydrogens (primary N) is 1. The zero-order chi connectivity index (χ0) is 36.5. The molecule has 0 aliphatic carbocycles. The van der Waals surface area contributed by atoms with Gasteiger partial charge in [0.05, 0.1) is 18.0 Å². The van der Waals surface area contributed by atoms with E-state index in [1.54, 1.807) is 76.6 Å². The smallest absolute Gasteiger partial charge is 0.429 e. The van der Waals surface area contributed by atoms with Gasteiger partial charge in [0, 0.05) is 57.1 Å². The Balaban J connectivity index is 1.27. The van der Waals surface area contributed by atoms with Gasteiger partial charge in [0.1, 0.15) is 11.9 Å². The summed E-state index contributed by atoms with van der Waals surface area (Å²) in [6, 6.07) is 14.1. The highest BCUT2D eigenvalue weighted by atomic mass is 19.4. The van der Waals surface area contributed by atoms with Crippen molar-refractivity contribution in [2.45, 2.75) is 51.4 Å². The predicted molar refractivity (Wildman–Crippen MR) is 185 cm³/mol. The Kier molecular flexibility index (Phi) is 9.93. The van der Waals surface area contributed by atoms with Gasteiger partial charge >= 0.3 is 12.1 Å². The third-order valence-corrected chi connectivity index (χ3v) is 9.48. The minimum absolute atomic E-state index is 0.0910. The number of amides is 1. The van der Waals surface area contributed by atoms with Gasteiger partial charge in [0.2, 0.25) is 17.9 Å². The molecular formula is C36H41F3N8O4. The lowest BCUT2D eigenvalue weighted by Crippen LogP contribution is -2.41. The molecule has 1 spiro atoms. The van der Waals surface area contributed by atoms with Crippen molar-refractivity contribution < 1.29 is 32.2 Å². The van der Waals surface area contributed by atoms with Crippen molar-refractivity contribution in [2.75, 3.05) is 51.0 Å². The fraction of sp³-hybridized carbons (Fsp3) is 0.417. The molecule has 3 N–H and O–H groups in total. The monoisotopic (exact) mass is 706 g/mol. The lowest BCUT2D eigenvalue weighted by molar-refractivity contribution is -0.198. The third kappa shape index (κ3) is 7.77. The number of aromatic nitrogens is 4. The summed E-state index contributed by atoms with van der Waals surface area (Å²) in [5, 5.41) is 7.69. The summed E-state index contributed by atoms with van der Waals surface area (Å²) in [5.41, 5.74) is 8.34. The van der Waals surface area contributed by atoms with Gasteiger partial charge < -0.3 is 30.3 Å². The number of hydrogen-bond acceptors (Lipinski definition) is 10. The number of carbonyl (C=O) groups is 2. The Labute approximate surface area is 293 Å². The molecule has 2 aromatic heterocycles. The van der Waals surface area contributed by atoms with Gasteiger partial charge in [-0.15, -0.1) is 0 Å². The number of ether oxygens (including phenoxy) is 2. The molecule has 2 aliphatic heterocycles. The van der Waals surface area contributed by atoms with Crippen molar-refractivity contribution in [3.05, 3.63) is 77.6 Å². The van der Waals surface area contributed by atoms with Crippen molar-refractivity contribution in [3.63, 3.8) is 0 Å². The summed E-state index contributed by atoms with van der Waals surface area (Å²) < 4.78 is 57.1. The average molecular weight is 707 g/mol. The van der Waals surface area contributed by atoms with Crippen molar-refractivity contribution in [2.24, 2.45) is 5.41 Å². The summed E-state index contributed by atoms with van der Waals surface area (Å²) >= 11 is 0. The molecule has 6 rings (SSSR count). The highest BCUT2D eigenvalue weighted by molar-refractivity contribution is 5.94. The minimum Gasteiger partial charge on any atom is -0.465 e. The van der Waals surface area contributed by atoms with Crippen molar-refractivity contribution in [1.82, 2.24) is 30.0 Å². The van der Waals surface area contributed by atoms with E-state index in [0.717, 1.165) is 12.8 Å². The first-order valence-corrected chi connectivity index (χ1v) is 16.8. The second kappa shape index (κ2) is 14.2. The highest BCUT2D eigenvalue weighted by Gasteiger charge is 2.46. The van der Waals surface area contributed by atoms with Gasteiger partial charge in [0.15, 0.2) is 0 Å². The lowest BCUT2D eigenvalue weighted by Gasteiger charge is -2.39. The molecule has 270 valence electrons. The number of hydrogen-bond donors (Lipinski definition) is 2. The summed E-state index contributed by atoms with van der Waals surface area (Å²) in [4.78, 5) is 36.5. The molecule has 12 nitrogen and oxygen atoms in total. The Bertz CT molecular complexity index is 1890. The van der Waals surface area contributed by atoms with E-state index < -0.39 is 12.3 Å². The maximum Gasteiger partial charge on any atom is 0.429 e. The van der Waals surface area contributed by atoms with Gasteiger partial charge in [0.25, 0.3) is 5.91 Å². The first kappa shape index (κ1) is 35.6. The van der Waals surface area contributed by atoms with Crippen molar-refractivity contribution in [3.8, 4) is 22.7 Å². The molecule has 4 aromatic rings. The van der Waals surface area contributed by atoms with E-state index in [2.05, 4.69) is 20.4 Å². The number of halogens is 3. The van der Waals surface area contributed by atoms with Gasteiger partial charge in [-0.25, -0.2) is 4.68 Å². The number of anilines is 2. The first-order chi connectivity index (χ1) is 24.2. The molecule has 2 aromatic carbocycles. The zero-order valence-electron chi connectivity index (χ0n) is 28.9. The molecular weight excluding hydrogens is 665 g/mol. The normalized spacial score (nSPS) is 17.7. The number of carbonyl (C=O) groups excluding carboxylic acids is 2. The number of rotatable bonds is 9. The molecule has 0 unspecified atom stereocenters. The van der Waals surface area contributed by atoms with E-state index in [9.17, 15) is 22.8 Å². The van der Waals surface area contributed by atoms with Crippen molar-refractivity contribution >= 4 is 23.6 Å². The van der Waals surface area contributed by atoms with Crippen LogP contribution in [0.3, 0.4) is 0 Å². The molecule has 1 amide bonds. The van der Waals surface area contributed by atoms with Crippen LogP contribution in [0.2, 0.25) is 0 Å². The molecule has 4 heterocycles. The van der Waals surface area contributed by atoms with Crippen LogP contribution >= 0.6 is 0 Å². The van der Waals surface area contributed by atoms with Crippen LogP contribution in [0.1, 0.15) is 53.9 Å². The third-order valence-electron chi connectivity index (χ3n) is 9.48. The molecule has 2 saturated heterocycles. The molecule has 51 heavy (non-hydrogen) atoms.